The molecule has 1 saturated heterocycles. The summed E-state index contributed by atoms with van der Waals surface area (Å²) in [6.45, 7) is 4.79. The highest BCUT2D eigenvalue weighted by atomic mass is 16.5. The van der Waals surface area contributed by atoms with Gasteiger partial charge in [0.1, 0.15) is 12.4 Å². The number of carbonyl (C=O) groups excluding carboxylic acids is 2. The Morgan fingerprint density at radius 1 is 1.40 bits per heavy atom. The Morgan fingerprint density at radius 3 is 2.92 bits per heavy atom. The van der Waals surface area contributed by atoms with E-state index in [-0.39, 0.29) is 30.5 Å². The highest BCUT2D eigenvalue weighted by molar-refractivity contribution is 5.81. The molecule has 25 heavy (non-hydrogen) atoms. The third kappa shape index (κ3) is 4.17. The predicted octanol–water partition coefficient (Wildman–Crippen LogP) is 1.53. The molecule has 7 heteroatoms. The molecule has 0 aliphatic carbocycles. The third-order valence-electron chi connectivity index (χ3n) is 4.34. The molecule has 2 unspecified atom stereocenters. The maximum atomic E-state index is 12.4. The molecule has 0 saturated carbocycles. The van der Waals surface area contributed by atoms with Crippen LogP contribution in [-0.2, 0) is 20.9 Å². The number of nitrogens with zero attached hydrogens (tertiary/aromatic N) is 2. The van der Waals surface area contributed by atoms with E-state index in [9.17, 15) is 9.59 Å². The summed E-state index contributed by atoms with van der Waals surface area (Å²) in [4.78, 5) is 28.4. The minimum Gasteiger partial charge on any atom is -0.376 e. The zero-order valence-electron chi connectivity index (χ0n) is 14.6. The van der Waals surface area contributed by atoms with Crippen molar-refractivity contribution in [3.63, 3.8) is 0 Å². The zero-order chi connectivity index (χ0) is 17.8. The van der Waals surface area contributed by atoms with Crippen LogP contribution in [0.1, 0.15) is 38.6 Å². The Bertz CT molecular complexity index is 765. The van der Waals surface area contributed by atoms with Gasteiger partial charge in [-0.15, -0.1) is 0 Å². The maximum Gasteiger partial charge on any atom is 0.240 e. The summed E-state index contributed by atoms with van der Waals surface area (Å²) in [6, 6.07) is 7.37. The van der Waals surface area contributed by atoms with Crippen molar-refractivity contribution in [2.75, 3.05) is 13.2 Å². The fourth-order valence-corrected chi connectivity index (χ4v) is 3.19. The minimum atomic E-state index is -0.282. The molecule has 2 amide bonds. The summed E-state index contributed by atoms with van der Waals surface area (Å²) in [6.07, 6.45) is 2.14. The van der Waals surface area contributed by atoms with E-state index >= 15 is 0 Å². The predicted molar refractivity (Wildman–Crippen MR) is 93.9 cm³/mol. The van der Waals surface area contributed by atoms with Crippen LogP contribution in [0, 0.1) is 0 Å². The normalized spacial score (nSPS) is 18.2. The van der Waals surface area contributed by atoms with Gasteiger partial charge in [0.15, 0.2) is 0 Å². The van der Waals surface area contributed by atoms with E-state index in [2.05, 4.69) is 15.6 Å². The van der Waals surface area contributed by atoms with Gasteiger partial charge in [-0.3, -0.25) is 9.59 Å². The molecular formula is C18H24N4O3. The Balaban J connectivity index is 1.77. The zero-order valence-corrected chi connectivity index (χ0v) is 14.6. The Labute approximate surface area is 146 Å². The quantitative estimate of drug-likeness (QED) is 0.832. The summed E-state index contributed by atoms with van der Waals surface area (Å²) >= 11 is 0. The molecule has 1 fully saturated rings. The SMILES string of the molecule is CC(=O)NC(C)c1nc2ccccc2n1CC(=O)NCC1CCCO1. The molecule has 0 bridgehead atoms. The fraction of sp³-hybridized carbons (Fsp3) is 0.500. The number of benzene rings is 1. The van der Waals surface area contributed by atoms with Crippen LogP contribution in [0.4, 0.5) is 0 Å². The number of nitrogens with one attached hydrogen (secondary N) is 2. The third-order valence-corrected chi connectivity index (χ3v) is 4.34. The second kappa shape index (κ2) is 7.65. The molecular weight excluding hydrogens is 320 g/mol. The maximum absolute atomic E-state index is 12.4. The van der Waals surface area contributed by atoms with Gasteiger partial charge in [-0.25, -0.2) is 4.98 Å². The number of imidazole rings is 1. The van der Waals surface area contributed by atoms with Gasteiger partial charge in [-0.2, -0.15) is 0 Å². The molecule has 0 spiro atoms. The molecule has 2 aromatic rings. The number of amides is 2. The molecule has 0 radical (unpaired) electrons. The molecule has 2 heterocycles. The highest BCUT2D eigenvalue weighted by Gasteiger charge is 2.20. The fourth-order valence-electron chi connectivity index (χ4n) is 3.19. The van der Waals surface area contributed by atoms with Gasteiger partial charge in [0.2, 0.25) is 11.8 Å². The molecule has 2 N–H and O–H groups in total. The van der Waals surface area contributed by atoms with E-state index in [1.807, 2.05) is 35.8 Å². The molecule has 1 aliphatic heterocycles. The first-order valence-electron chi connectivity index (χ1n) is 8.65. The second-order valence-electron chi connectivity index (χ2n) is 6.41. The van der Waals surface area contributed by atoms with Gasteiger partial charge in [-0.05, 0) is 31.9 Å². The lowest BCUT2D eigenvalue weighted by atomic mass is 10.2. The first-order chi connectivity index (χ1) is 12.0. The average Bonchev–Trinajstić information content (AvgIpc) is 3.20. The smallest absolute Gasteiger partial charge is 0.240 e. The summed E-state index contributed by atoms with van der Waals surface area (Å²) < 4.78 is 7.40. The van der Waals surface area contributed by atoms with Crippen molar-refractivity contribution in [1.29, 1.82) is 0 Å². The largest absolute Gasteiger partial charge is 0.376 e. The van der Waals surface area contributed by atoms with Crippen molar-refractivity contribution < 1.29 is 14.3 Å². The van der Waals surface area contributed by atoms with Gasteiger partial charge >= 0.3 is 0 Å². The number of hydrogen-bond donors (Lipinski definition) is 2. The van der Waals surface area contributed by atoms with E-state index in [4.69, 9.17) is 4.74 Å². The van der Waals surface area contributed by atoms with E-state index < -0.39 is 0 Å². The molecule has 2 atom stereocenters. The first kappa shape index (κ1) is 17.4. The number of hydrogen-bond acceptors (Lipinski definition) is 4. The number of ether oxygens (including phenoxy) is 1. The standard InChI is InChI=1S/C18H24N4O3/c1-12(20-13(2)23)18-21-15-7-3-4-8-16(15)22(18)11-17(24)19-10-14-6-5-9-25-14/h3-4,7-8,12,14H,5-6,9-11H2,1-2H3,(H,19,24)(H,20,23). The molecule has 1 aliphatic rings. The lowest BCUT2D eigenvalue weighted by molar-refractivity contribution is -0.122. The van der Waals surface area contributed by atoms with Crippen molar-refractivity contribution in [3.8, 4) is 0 Å². The van der Waals surface area contributed by atoms with Crippen molar-refractivity contribution in [3.05, 3.63) is 30.1 Å². The van der Waals surface area contributed by atoms with E-state index in [1.54, 1.807) is 0 Å². The van der Waals surface area contributed by atoms with E-state index in [0.717, 1.165) is 30.5 Å². The highest BCUT2D eigenvalue weighted by Crippen LogP contribution is 2.20. The summed E-state index contributed by atoms with van der Waals surface area (Å²) in [5.41, 5.74) is 1.68. The van der Waals surface area contributed by atoms with Crippen LogP contribution >= 0.6 is 0 Å². The van der Waals surface area contributed by atoms with E-state index in [1.165, 1.54) is 6.92 Å². The average molecular weight is 344 g/mol. The van der Waals surface area contributed by atoms with Crippen LogP contribution < -0.4 is 10.6 Å². The number of para-hydroxylation sites is 2. The van der Waals surface area contributed by atoms with Crippen LogP contribution in [0.2, 0.25) is 0 Å². The van der Waals surface area contributed by atoms with Gasteiger partial charge in [0.25, 0.3) is 0 Å². The van der Waals surface area contributed by atoms with Crippen molar-refractivity contribution in [2.24, 2.45) is 0 Å². The monoisotopic (exact) mass is 344 g/mol. The van der Waals surface area contributed by atoms with Crippen molar-refractivity contribution in [1.82, 2.24) is 20.2 Å². The van der Waals surface area contributed by atoms with Crippen molar-refractivity contribution >= 4 is 22.8 Å². The topological polar surface area (TPSA) is 85.2 Å². The number of rotatable bonds is 6. The number of carbonyl (C=O) groups is 2. The van der Waals surface area contributed by atoms with E-state index in [0.29, 0.717) is 12.4 Å². The lowest BCUT2D eigenvalue weighted by Crippen LogP contribution is -2.35. The molecule has 134 valence electrons. The van der Waals surface area contributed by atoms with Gasteiger partial charge in [-0.1, -0.05) is 12.1 Å². The molecule has 7 nitrogen and oxygen atoms in total. The molecule has 1 aromatic carbocycles. The lowest BCUT2D eigenvalue weighted by Gasteiger charge is -2.16. The van der Waals surface area contributed by atoms with Crippen LogP contribution in [0.15, 0.2) is 24.3 Å². The molecule has 3 rings (SSSR count). The second-order valence-corrected chi connectivity index (χ2v) is 6.41. The minimum absolute atomic E-state index is 0.0880. The van der Waals surface area contributed by atoms with Crippen LogP contribution in [0.3, 0.4) is 0 Å². The van der Waals surface area contributed by atoms with Crippen LogP contribution in [0.25, 0.3) is 11.0 Å². The summed E-state index contributed by atoms with van der Waals surface area (Å²) in [7, 11) is 0. The number of aromatic nitrogens is 2. The Morgan fingerprint density at radius 2 is 2.20 bits per heavy atom. The van der Waals surface area contributed by atoms with Gasteiger partial charge in [0, 0.05) is 20.1 Å². The first-order valence-corrected chi connectivity index (χ1v) is 8.65. The van der Waals surface area contributed by atoms with Gasteiger partial charge < -0.3 is 19.9 Å². The summed E-state index contributed by atoms with van der Waals surface area (Å²) in [5.74, 6) is 0.451. The Hall–Kier alpha value is -2.41. The van der Waals surface area contributed by atoms with Crippen LogP contribution in [0.5, 0.6) is 0 Å². The molecule has 1 aromatic heterocycles. The van der Waals surface area contributed by atoms with Crippen molar-refractivity contribution in [2.45, 2.75) is 45.4 Å². The van der Waals surface area contributed by atoms with Gasteiger partial charge in [0.05, 0.1) is 23.2 Å². The van der Waals surface area contributed by atoms with Crippen LogP contribution in [-0.4, -0.2) is 40.6 Å². The Kier molecular flexibility index (Phi) is 5.33. The number of fused-ring (bicyclic) bond motifs is 1. The summed E-state index contributed by atoms with van der Waals surface area (Å²) in [5, 5.41) is 5.77.